The zero-order valence-electron chi connectivity index (χ0n) is 20.2. The lowest BCUT2D eigenvalue weighted by Gasteiger charge is -2.41. The molecule has 2 aromatic carbocycles. The van der Waals surface area contributed by atoms with Crippen LogP contribution >= 0.6 is 11.6 Å². The maximum absolute atomic E-state index is 13.5. The molecule has 2 fully saturated rings. The highest BCUT2D eigenvalue weighted by Crippen LogP contribution is 2.36. The summed E-state index contributed by atoms with van der Waals surface area (Å²) in [7, 11) is 0. The Balaban J connectivity index is 1.40. The maximum atomic E-state index is 13.5. The fourth-order valence-corrected chi connectivity index (χ4v) is 5.51. The van der Waals surface area contributed by atoms with E-state index in [4.69, 9.17) is 16.6 Å². The van der Waals surface area contributed by atoms with E-state index >= 15 is 0 Å². The van der Waals surface area contributed by atoms with Gasteiger partial charge in [0.15, 0.2) is 0 Å². The van der Waals surface area contributed by atoms with Gasteiger partial charge >= 0.3 is 6.03 Å². The van der Waals surface area contributed by atoms with Crippen LogP contribution in [0.3, 0.4) is 0 Å². The Hall–Kier alpha value is -2.83. The average Bonchev–Trinajstić information content (AvgIpc) is 3.39. The number of aryl methyl sites for hydroxylation is 1. The number of carbonyl (C=O) groups is 1. The van der Waals surface area contributed by atoms with Crippen LogP contribution in [0.15, 0.2) is 61.1 Å². The van der Waals surface area contributed by atoms with Crippen molar-refractivity contribution in [1.29, 1.82) is 0 Å². The lowest BCUT2D eigenvalue weighted by Crippen LogP contribution is -2.51. The summed E-state index contributed by atoms with van der Waals surface area (Å²) in [5.74, 6) is 0.384. The standard InChI is InChI=1S/C28H33ClN4O2/c1-2-20-6-8-21(9-7-20)22-14-23(17-32(16-22)28(35)31-12-10-26(34)11-13-31)27-18-33(19-30-27)25-5-3-4-24(29)15-25/h3-9,15,18-19,22-23,26,34H,2,10-14,16-17H2,1H3. The highest BCUT2D eigenvalue weighted by molar-refractivity contribution is 6.30. The molecule has 2 amide bonds. The first kappa shape index (κ1) is 23.9. The van der Waals surface area contributed by atoms with Crippen LogP contribution in [0.2, 0.25) is 5.02 Å². The van der Waals surface area contributed by atoms with Crippen molar-refractivity contribution in [2.24, 2.45) is 0 Å². The Kier molecular flexibility index (Phi) is 7.12. The SMILES string of the molecule is CCc1ccc(C2CC(c3cn(-c4cccc(Cl)c4)cn3)CN(C(=O)N3CCC(O)CC3)C2)cc1. The fraction of sp³-hybridized carbons (Fsp3) is 0.429. The molecular weight excluding hydrogens is 460 g/mol. The summed E-state index contributed by atoms with van der Waals surface area (Å²) in [6.07, 6.45) is 6.86. The van der Waals surface area contributed by atoms with Gasteiger partial charge < -0.3 is 19.5 Å². The number of rotatable bonds is 4. The van der Waals surface area contributed by atoms with E-state index in [2.05, 4.69) is 37.4 Å². The molecule has 0 saturated carbocycles. The molecule has 1 N–H and O–H groups in total. The van der Waals surface area contributed by atoms with E-state index in [0.717, 1.165) is 24.2 Å². The highest BCUT2D eigenvalue weighted by atomic mass is 35.5. The van der Waals surface area contributed by atoms with Crippen LogP contribution in [0.25, 0.3) is 5.69 Å². The molecule has 7 heteroatoms. The van der Waals surface area contributed by atoms with Crippen LogP contribution in [-0.2, 0) is 6.42 Å². The number of carbonyl (C=O) groups excluding carboxylic acids is 1. The third-order valence-electron chi connectivity index (χ3n) is 7.44. The number of piperidine rings is 2. The summed E-state index contributed by atoms with van der Waals surface area (Å²) in [5.41, 5.74) is 4.56. The van der Waals surface area contributed by atoms with Crippen molar-refractivity contribution in [2.75, 3.05) is 26.2 Å². The molecule has 2 aliphatic rings. The molecule has 184 valence electrons. The van der Waals surface area contributed by atoms with E-state index in [-0.39, 0.29) is 24.0 Å². The number of hydrogen-bond acceptors (Lipinski definition) is 3. The molecule has 3 aromatic rings. The first-order valence-electron chi connectivity index (χ1n) is 12.6. The number of aliphatic hydroxyl groups excluding tert-OH is 1. The number of nitrogens with zero attached hydrogens (tertiary/aromatic N) is 4. The van der Waals surface area contributed by atoms with E-state index in [0.29, 0.717) is 44.0 Å². The lowest BCUT2D eigenvalue weighted by molar-refractivity contribution is 0.0755. The zero-order valence-corrected chi connectivity index (χ0v) is 20.9. The predicted octanol–water partition coefficient (Wildman–Crippen LogP) is 5.24. The smallest absolute Gasteiger partial charge is 0.320 e. The van der Waals surface area contributed by atoms with Gasteiger partial charge in [0.1, 0.15) is 0 Å². The Labute approximate surface area is 212 Å². The van der Waals surface area contributed by atoms with E-state index in [9.17, 15) is 9.90 Å². The molecule has 3 heterocycles. The quantitative estimate of drug-likeness (QED) is 0.542. The van der Waals surface area contributed by atoms with Gasteiger partial charge in [-0.05, 0) is 55.0 Å². The van der Waals surface area contributed by atoms with Crippen LogP contribution in [0.1, 0.15) is 54.8 Å². The molecule has 0 radical (unpaired) electrons. The van der Waals surface area contributed by atoms with Gasteiger partial charge in [0.2, 0.25) is 0 Å². The average molecular weight is 493 g/mol. The molecule has 6 nitrogen and oxygen atoms in total. The second-order valence-corrected chi connectivity index (χ2v) is 10.3. The van der Waals surface area contributed by atoms with Crippen LogP contribution in [0, 0.1) is 0 Å². The molecular formula is C28H33ClN4O2. The molecule has 0 aliphatic carbocycles. The molecule has 35 heavy (non-hydrogen) atoms. The minimum Gasteiger partial charge on any atom is -0.393 e. The Morgan fingerprint density at radius 3 is 2.51 bits per heavy atom. The third-order valence-corrected chi connectivity index (χ3v) is 7.68. The summed E-state index contributed by atoms with van der Waals surface area (Å²) in [6.45, 7) is 4.74. The fourth-order valence-electron chi connectivity index (χ4n) is 5.32. The molecule has 2 atom stereocenters. The summed E-state index contributed by atoms with van der Waals surface area (Å²) in [4.78, 5) is 22.2. The summed E-state index contributed by atoms with van der Waals surface area (Å²) in [5, 5.41) is 10.6. The first-order chi connectivity index (χ1) is 17.0. The summed E-state index contributed by atoms with van der Waals surface area (Å²) < 4.78 is 2.00. The number of amides is 2. The van der Waals surface area contributed by atoms with Crippen molar-refractivity contribution in [3.63, 3.8) is 0 Å². The molecule has 0 spiro atoms. The van der Waals surface area contributed by atoms with Crippen LogP contribution in [-0.4, -0.2) is 62.8 Å². The van der Waals surface area contributed by atoms with Gasteiger partial charge in [-0.25, -0.2) is 9.78 Å². The largest absolute Gasteiger partial charge is 0.393 e. The molecule has 1 aromatic heterocycles. The van der Waals surface area contributed by atoms with Crippen molar-refractivity contribution in [2.45, 2.75) is 50.5 Å². The maximum Gasteiger partial charge on any atom is 0.320 e. The lowest BCUT2D eigenvalue weighted by atomic mass is 9.83. The normalized spacial score (nSPS) is 21.3. The second kappa shape index (κ2) is 10.4. The van der Waals surface area contributed by atoms with Gasteiger partial charge in [-0.15, -0.1) is 0 Å². The number of benzene rings is 2. The number of urea groups is 1. The Morgan fingerprint density at radius 1 is 1.06 bits per heavy atom. The summed E-state index contributed by atoms with van der Waals surface area (Å²) >= 11 is 6.20. The monoisotopic (exact) mass is 492 g/mol. The molecule has 2 saturated heterocycles. The van der Waals surface area contributed by atoms with Crippen LogP contribution < -0.4 is 0 Å². The number of aliphatic hydroxyl groups is 1. The number of likely N-dealkylation sites (tertiary alicyclic amines) is 2. The zero-order chi connectivity index (χ0) is 24.4. The van der Waals surface area contributed by atoms with Crippen molar-refractivity contribution < 1.29 is 9.90 Å². The number of aromatic nitrogens is 2. The number of halogens is 1. The Morgan fingerprint density at radius 2 is 1.80 bits per heavy atom. The van der Waals surface area contributed by atoms with Gasteiger partial charge in [0, 0.05) is 54.9 Å². The second-order valence-electron chi connectivity index (χ2n) is 9.82. The van der Waals surface area contributed by atoms with Gasteiger partial charge in [0.05, 0.1) is 18.1 Å². The van der Waals surface area contributed by atoms with Gasteiger partial charge in [-0.1, -0.05) is 48.9 Å². The number of imidazole rings is 1. The van der Waals surface area contributed by atoms with E-state index in [1.807, 2.05) is 45.0 Å². The molecule has 5 rings (SSSR count). The summed E-state index contributed by atoms with van der Waals surface area (Å²) in [6, 6.07) is 16.6. The Bertz CT molecular complexity index is 1150. The van der Waals surface area contributed by atoms with Gasteiger partial charge in [-0.3, -0.25) is 0 Å². The van der Waals surface area contributed by atoms with Crippen molar-refractivity contribution >= 4 is 17.6 Å². The molecule has 2 unspecified atom stereocenters. The highest BCUT2D eigenvalue weighted by Gasteiger charge is 2.35. The van der Waals surface area contributed by atoms with Crippen LogP contribution in [0.5, 0.6) is 0 Å². The molecule has 0 bridgehead atoms. The minimum absolute atomic E-state index is 0.0750. The predicted molar refractivity (Wildman–Crippen MR) is 138 cm³/mol. The van der Waals surface area contributed by atoms with Crippen LogP contribution in [0.4, 0.5) is 4.79 Å². The van der Waals surface area contributed by atoms with Gasteiger partial charge in [-0.2, -0.15) is 0 Å². The van der Waals surface area contributed by atoms with Crippen molar-refractivity contribution in [3.05, 3.63) is 82.9 Å². The van der Waals surface area contributed by atoms with Crippen molar-refractivity contribution in [3.8, 4) is 5.69 Å². The van der Waals surface area contributed by atoms with E-state index < -0.39 is 0 Å². The van der Waals surface area contributed by atoms with E-state index in [1.165, 1.54) is 11.1 Å². The topological polar surface area (TPSA) is 61.6 Å². The van der Waals surface area contributed by atoms with E-state index in [1.54, 1.807) is 0 Å². The third kappa shape index (κ3) is 5.39. The first-order valence-corrected chi connectivity index (χ1v) is 13.0. The minimum atomic E-state index is -0.298. The van der Waals surface area contributed by atoms with Gasteiger partial charge in [0.25, 0.3) is 0 Å². The van der Waals surface area contributed by atoms with Crippen molar-refractivity contribution in [1.82, 2.24) is 19.4 Å². The number of hydrogen-bond donors (Lipinski definition) is 1. The molecule has 2 aliphatic heterocycles.